The second-order valence-corrected chi connectivity index (χ2v) is 6.03. The number of rotatable bonds is 6. The predicted octanol–water partition coefficient (Wildman–Crippen LogP) is 3.08. The van der Waals surface area contributed by atoms with Crippen LogP contribution >= 0.6 is 0 Å². The van der Waals surface area contributed by atoms with E-state index in [1.54, 1.807) is 25.3 Å². The van der Waals surface area contributed by atoms with Crippen LogP contribution in [0.25, 0.3) is 0 Å². The van der Waals surface area contributed by atoms with E-state index in [-0.39, 0.29) is 24.3 Å². The van der Waals surface area contributed by atoms with Gasteiger partial charge in [-0.15, -0.1) is 0 Å². The van der Waals surface area contributed by atoms with E-state index < -0.39 is 0 Å². The summed E-state index contributed by atoms with van der Waals surface area (Å²) in [5, 5.41) is 2.91. The van der Waals surface area contributed by atoms with Gasteiger partial charge in [-0.1, -0.05) is 30.3 Å². The van der Waals surface area contributed by atoms with Crippen LogP contribution in [-0.4, -0.2) is 25.4 Å². The fourth-order valence-electron chi connectivity index (χ4n) is 3.12. The highest BCUT2D eigenvalue weighted by Gasteiger charge is 2.23. The number of para-hydroxylation sites is 1. The van der Waals surface area contributed by atoms with Crippen molar-refractivity contribution in [2.45, 2.75) is 25.8 Å². The quantitative estimate of drug-likeness (QED) is 0.878. The fourth-order valence-corrected chi connectivity index (χ4v) is 3.12. The Hall–Kier alpha value is -2.82. The Morgan fingerprint density at radius 1 is 1.12 bits per heavy atom. The summed E-state index contributed by atoms with van der Waals surface area (Å²) in [6.07, 6.45) is 1.18. The lowest BCUT2D eigenvalue weighted by atomic mass is 10.1. The van der Waals surface area contributed by atoms with Gasteiger partial charge >= 0.3 is 0 Å². The van der Waals surface area contributed by atoms with Crippen LogP contribution in [0.15, 0.2) is 42.5 Å². The van der Waals surface area contributed by atoms with E-state index >= 15 is 0 Å². The Balaban J connectivity index is 1.61. The average Bonchev–Trinajstić information content (AvgIpc) is 3.01. The van der Waals surface area contributed by atoms with Gasteiger partial charge in [0.1, 0.15) is 11.5 Å². The van der Waals surface area contributed by atoms with Crippen molar-refractivity contribution in [1.29, 1.82) is 0 Å². The van der Waals surface area contributed by atoms with Gasteiger partial charge in [-0.3, -0.25) is 9.59 Å². The molecule has 0 fully saturated rings. The smallest absolute Gasteiger partial charge is 0.258 e. The lowest BCUT2D eigenvalue weighted by Crippen LogP contribution is -2.31. The molecular formula is C20H21NO4. The second-order valence-electron chi connectivity index (χ2n) is 6.03. The number of benzene rings is 2. The zero-order valence-corrected chi connectivity index (χ0v) is 14.4. The molecule has 0 heterocycles. The van der Waals surface area contributed by atoms with Crippen LogP contribution in [-0.2, 0) is 11.2 Å². The molecule has 2 aromatic rings. The van der Waals surface area contributed by atoms with Crippen LogP contribution in [0.3, 0.4) is 0 Å². The van der Waals surface area contributed by atoms with Gasteiger partial charge < -0.3 is 14.8 Å². The number of nitrogens with one attached hydrogen (secondary N) is 1. The molecule has 0 bridgehead atoms. The minimum atomic E-state index is -0.222. The SMILES string of the molecule is COc1ccccc1C(C)NC(=O)COc1cccc2c1CCC2=O. The summed E-state index contributed by atoms with van der Waals surface area (Å²) in [6, 6.07) is 12.8. The highest BCUT2D eigenvalue weighted by molar-refractivity contribution is 6.01. The van der Waals surface area contributed by atoms with Crippen LogP contribution in [0.2, 0.25) is 0 Å². The zero-order valence-electron chi connectivity index (χ0n) is 14.4. The molecule has 1 amide bonds. The molecule has 0 aliphatic heterocycles. The maximum atomic E-state index is 12.2. The number of amides is 1. The molecule has 0 radical (unpaired) electrons. The molecule has 2 aromatic carbocycles. The first-order valence-electron chi connectivity index (χ1n) is 8.30. The minimum Gasteiger partial charge on any atom is -0.496 e. The van der Waals surface area contributed by atoms with Gasteiger partial charge in [0.25, 0.3) is 5.91 Å². The van der Waals surface area contributed by atoms with Crippen LogP contribution in [0, 0.1) is 0 Å². The number of hydrogen-bond acceptors (Lipinski definition) is 4. The maximum Gasteiger partial charge on any atom is 0.258 e. The number of hydrogen-bond donors (Lipinski definition) is 1. The van der Waals surface area contributed by atoms with Crippen molar-refractivity contribution in [2.75, 3.05) is 13.7 Å². The summed E-state index contributed by atoms with van der Waals surface area (Å²) in [7, 11) is 1.60. The summed E-state index contributed by atoms with van der Waals surface area (Å²) in [5.41, 5.74) is 2.52. The summed E-state index contributed by atoms with van der Waals surface area (Å²) in [6.45, 7) is 1.80. The molecule has 1 aliphatic carbocycles. The number of ether oxygens (including phenoxy) is 2. The van der Waals surface area contributed by atoms with E-state index in [4.69, 9.17) is 9.47 Å². The molecule has 1 atom stereocenters. The van der Waals surface area contributed by atoms with E-state index in [0.29, 0.717) is 24.2 Å². The summed E-state index contributed by atoms with van der Waals surface area (Å²) < 4.78 is 11.0. The number of carbonyl (C=O) groups excluding carboxylic acids is 2. The van der Waals surface area contributed by atoms with Gasteiger partial charge in [0, 0.05) is 23.1 Å². The van der Waals surface area contributed by atoms with Crippen molar-refractivity contribution < 1.29 is 19.1 Å². The number of Topliss-reactive ketones (excluding diaryl/α,β-unsaturated/α-hetero) is 1. The van der Waals surface area contributed by atoms with Crippen LogP contribution < -0.4 is 14.8 Å². The Morgan fingerprint density at radius 2 is 1.88 bits per heavy atom. The van der Waals surface area contributed by atoms with Crippen LogP contribution in [0.5, 0.6) is 11.5 Å². The Labute approximate surface area is 147 Å². The molecule has 0 saturated heterocycles. The third-order valence-corrected chi connectivity index (χ3v) is 4.38. The van der Waals surface area contributed by atoms with Gasteiger partial charge in [-0.05, 0) is 25.5 Å². The van der Waals surface area contributed by atoms with Crippen LogP contribution in [0.1, 0.15) is 40.9 Å². The molecule has 25 heavy (non-hydrogen) atoms. The highest BCUT2D eigenvalue weighted by atomic mass is 16.5. The lowest BCUT2D eigenvalue weighted by molar-refractivity contribution is -0.123. The average molecular weight is 339 g/mol. The Bertz CT molecular complexity index is 800. The van der Waals surface area contributed by atoms with Gasteiger partial charge in [0.05, 0.1) is 13.2 Å². The Kier molecular flexibility index (Phi) is 5.03. The van der Waals surface area contributed by atoms with Crippen molar-refractivity contribution in [3.8, 4) is 11.5 Å². The third-order valence-electron chi connectivity index (χ3n) is 4.38. The molecular weight excluding hydrogens is 318 g/mol. The highest BCUT2D eigenvalue weighted by Crippen LogP contribution is 2.30. The number of methoxy groups -OCH3 is 1. The number of fused-ring (bicyclic) bond motifs is 1. The van der Waals surface area contributed by atoms with Gasteiger partial charge in [0.2, 0.25) is 0 Å². The van der Waals surface area contributed by atoms with Crippen molar-refractivity contribution >= 4 is 11.7 Å². The maximum absolute atomic E-state index is 12.2. The lowest BCUT2D eigenvalue weighted by Gasteiger charge is -2.17. The molecule has 5 nitrogen and oxygen atoms in total. The number of ketones is 1. The molecule has 5 heteroatoms. The van der Waals surface area contributed by atoms with Crippen molar-refractivity contribution in [1.82, 2.24) is 5.32 Å². The third kappa shape index (κ3) is 3.65. The van der Waals surface area contributed by atoms with Gasteiger partial charge in [0.15, 0.2) is 12.4 Å². The zero-order chi connectivity index (χ0) is 17.8. The first kappa shape index (κ1) is 17.0. The van der Waals surface area contributed by atoms with Crippen molar-refractivity contribution in [2.24, 2.45) is 0 Å². The molecule has 0 spiro atoms. The fraction of sp³-hybridized carbons (Fsp3) is 0.300. The largest absolute Gasteiger partial charge is 0.496 e. The number of carbonyl (C=O) groups is 2. The molecule has 1 unspecified atom stereocenters. The molecule has 3 rings (SSSR count). The molecule has 0 aromatic heterocycles. The molecule has 1 N–H and O–H groups in total. The first-order valence-corrected chi connectivity index (χ1v) is 8.30. The molecule has 0 saturated carbocycles. The van der Waals surface area contributed by atoms with E-state index in [1.807, 2.05) is 31.2 Å². The minimum absolute atomic E-state index is 0.0931. The summed E-state index contributed by atoms with van der Waals surface area (Å²) >= 11 is 0. The van der Waals surface area contributed by atoms with Crippen LogP contribution in [0.4, 0.5) is 0 Å². The topological polar surface area (TPSA) is 64.6 Å². The normalized spacial score (nSPS) is 13.9. The molecule has 1 aliphatic rings. The summed E-state index contributed by atoms with van der Waals surface area (Å²) in [4.78, 5) is 24.0. The standard InChI is InChI=1S/C20H21NO4/c1-13(14-6-3-4-8-18(14)24-2)21-20(23)12-25-19-9-5-7-15-16(19)10-11-17(15)22/h3-9,13H,10-12H2,1-2H3,(H,21,23). The van der Waals surface area contributed by atoms with E-state index in [0.717, 1.165) is 16.9 Å². The molecule has 130 valence electrons. The van der Waals surface area contributed by atoms with Crippen molar-refractivity contribution in [3.05, 3.63) is 59.2 Å². The first-order chi connectivity index (χ1) is 12.1. The van der Waals surface area contributed by atoms with Gasteiger partial charge in [-0.25, -0.2) is 0 Å². The van der Waals surface area contributed by atoms with Crippen molar-refractivity contribution in [3.63, 3.8) is 0 Å². The Morgan fingerprint density at radius 3 is 2.68 bits per heavy atom. The monoisotopic (exact) mass is 339 g/mol. The predicted molar refractivity (Wildman–Crippen MR) is 94.1 cm³/mol. The van der Waals surface area contributed by atoms with Gasteiger partial charge in [-0.2, -0.15) is 0 Å². The second kappa shape index (κ2) is 7.38. The van der Waals surface area contributed by atoms with E-state index in [1.165, 1.54) is 0 Å². The van der Waals surface area contributed by atoms with E-state index in [2.05, 4.69) is 5.32 Å². The summed E-state index contributed by atoms with van der Waals surface area (Å²) in [5.74, 6) is 1.26. The van der Waals surface area contributed by atoms with E-state index in [9.17, 15) is 9.59 Å².